The molecule has 0 aliphatic heterocycles. The van der Waals surface area contributed by atoms with Gasteiger partial charge in [-0.3, -0.25) is 0 Å². The molecule has 2 nitrogen and oxygen atoms in total. The monoisotopic (exact) mass is 742 g/mol. The van der Waals surface area contributed by atoms with Crippen LogP contribution in [0, 0.1) is 17.8 Å². The van der Waals surface area contributed by atoms with Crippen molar-refractivity contribution in [1.82, 2.24) is 4.57 Å². The van der Waals surface area contributed by atoms with Gasteiger partial charge in [-0.05, 0) is 174 Å². The molecule has 7 aromatic rings. The first-order chi connectivity index (χ1) is 27.9. The van der Waals surface area contributed by atoms with Crippen LogP contribution in [-0.2, 0) is 10.8 Å². The Hall–Kier alpha value is -5.08. The molecule has 1 aromatic heterocycles. The average molecular weight is 743 g/mol. The predicted molar refractivity (Wildman–Crippen MR) is 239 cm³/mol. The number of benzene rings is 6. The van der Waals surface area contributed by atoms with Gasteiger partial charge >= 0.3 is 0 Å². The number of nitrogens with zero attached hydrogens (tertiary/aromatic N) is 2. The van der Waals surface area contributed by atoms with Crippen LogP contribution < -0.4 is 4.90 Å². The Kier molecular flexibility index (Phi) is 7.58. The van der Waals surface area contributed by atoms with Crippen molar-refractivity contribution in [2.75, 3.05) is 4.90 Å². The maximum absolute atomic E-state index is 2.55. The molecule has 0 amide bonds. The Bertz CT molecular complexity index is 2620. The lowest BCUT2D eigenvalue weighted by molar-refractivity contribution is -0.00518. The summed E-state index contributed by atoms with van der Waals surface area (Å²) in [6.07, 6.45) is 15.4. The number of hydrogen-bond acceptors (Lipinski definition) is 1. The molecule has 0 spiro atoms. The van der Waals surface area contributed by atoms with Gasteiger partial charge in [-0.1, -0.05) is 106 Å². The second-order valence-corrected chi connectivity index (χ2v) is 19.4. The molecule has 6 aromatic carbocycles. The van der Waals surface area contributed by atoms with Crippen LogP contribution in [0.15, 0.2) is 133 Å². The smallest absolute Gasteiger partial charge is 0.0547 e. The highest BCUT2D eigenvalue weighted by Gasteiger charge is 2.51. The van der Waals surface area contributed by atoms with Crippen molar-refractivity contribution in [3.05, 3.63) is 156 Å². The number of anilines is 3. The largest absolute Gasteiger partial charge is 0.310 e. The second kappa shape index (κ2) is 12.7. The summed E-state index contributed by atoms with van der Waals surface area (Å²) in [5.74, 6) is 3.55. The van der Waals surface area contributed by atoms with E-state index in [9.17, 15) is 0 Å². The van der Waals surface area contributed by atoms with Gasteiger partial charge in [0.15, 0.2) is 0 Å². The van der Waals surface area contributed by atoms with Crippen molar-refractivity contribution in [3.8, 4) is 16.8 Å². The molecule has 5 fully saturated rings. The maximum Gasteiger partial charge on any atom is 0.0547 e. The maximum atomic E-state index is 2.55. The zero-order chi connectivity index (χ0) is 37.9. The molecule has 6 aliphatic carbocycles. The molecule has 284 valence electrons. The Morgan fingerprint density at radius 1 is 0.561 bits per heavy atom. The Balaban J connectivity index is 0.990. The molecule has 57 heavy (non-hydrogen) atoms. The van der Waals surface area contributed by atoms with Gasteiger partial charge in [0, 0.05) is 38.9 Å². The third-order valence-electron chi connectivity index (χ3n) is 15.7. The first kappa shape index (κ1) is 34.0. The van der Waals surface area contributed by atoms with Gasteiger partial charge in [0.25, 0.3) is 0 Å². The summed E-state index contributed by atoms with van der Waals surface area (Å²) >= 11 is 0. The number of rotatable bonds is 6. The summed E-state index contributed by atoms with van der Waals surface area (Å²) in [7, 11) is 0. The van der Waals surface area contributed by atoms with Crippen LogP contribution in [0.3, 0.4) is 0 Å². The molecule has 6 aliphatic rings. The van der Waals surface area contributed by atoms with Crippen molar-refractivity contribution < 1.29 is 0 Å². The molecule has 0 unspecified atom stereocenters. The molecule has 0 radical (unpaired) electrons. The van der Waals surface area contributed by atoms with Crippen LogP contribution >= 0.6 is 0 Å². The number of aromatic nitrogens is 1. The van der Waals surface area contributed by atoms with E-state index in [-0.39, 0.29) is 5.41 Å². The molecule has 0 atom stereocenters. The zero-order valence-corrected chi connectivity index (χ0v) is 33.7. The van der Waals surface area contributed by atoms with Crippen molar-refractivity contribution in [3.63, 3.8) is 0 Å². The second-order valence-electron chi connectivity index (χ2n) is 19.4. The molecule has 4 bridgehead atoms. The summed E-state index contributed by atoms with van der Waals surface area (Å²) in [5.41, 5.74) is 16.4. The number of fused-ring (bicyclic) bond motifs is 7. The van der Waals surface area contributed by atoms with Gasteiger partial charge in [0.2, 0.25) is 0 Å². The van der Waals surface area contributed by atoms with Crippen molar-refractivity contribution >= 4 is 38.9 Å². The average Bonchev–Trinajstić information content (AvgIpc) is 3.70. The number of para-hydroxylation sites is 2. The van der Waals surface area contributed by atoms with E-state index in [2.05, 4.69) is 157 Å². The van der Waals surface area contributed by atoms with E-state index < -0.39 is 0 Å². The summed E-state index contributed by atoms with van der Waals surface area (Å²) in [4.78, 5) is 2.55. The summed E-state index contributed by atoms with van der Waals surface area (Å²) in [6, 6.07) is 51.7. The van der Waals surface area contributed by atoms with Crippen LogP contribution in [0.4, 0.5) is 17.1 Å². The fraction of sp³-hybridized carbons (Fsp3) is 0.345. The summed E-state index contributed by atoms with van der Waals surface area (Å²) < 4.78 is 2.45. The van der Waals surface area contributed by atoms with Crippen molar-refractivity contribution in [2.24, 2.45) is 17.8 Å². The van der Waals surface area contributed by atoms with Gasteiger partial charge in [0.1, 0.15) is 0 Å². The highest BCUT2D eigenvalue weighted by molar-refractivity contribution is 6.18. The van der Waals surface area contributed by atoms with Crippen LogP contribution in [0.25, 0.3) is 38.6 Å². The summed E-state index contributed by atoms with van der Waals surface area (Å²) in [6.45, 7) is 4.88. The van der Waals surface area contributed by atoms with E-state index in [0.29, 0.717) is 11.3 Å². The molecule has 5 saturated carbocycles. The molecule has 1 heterocycles. The standard InChI is InChI=1S/C55H54N2/c1-54(2)48-27-28-51-53(47-15-9-10-16-50(47)57(51)42-13-7-4-8-14-42)52(48)46-26-25-45(32-49(46)54)56(43-21-17-40(18-22-43)39-11-5-3-6-12-39)44-23-19-41(20-24-44)55-33-36-29-37(34-55)31-38(30-36)35-55/h4,7-10,13-28,32,36-39H,3,5-6,11-12,29-31,33-35H2,1-2H3. The Morgan fingerprint density at radius 2 is 1.19 bits per heavy atom. The first-order valence-corrected chi connectivity index (χ1v) is 22.2. The van der Waals surface area contributed by atoms with E-state index in [1.165, 1.54) is 143 Å². The lowest BCUT2D eigenvalue weighted by Crippen LogP contribution is -2.48. The van der Waals surface area contributed by atoms with Crippen LogP contribution in [0.2, 0.25) is 0 Å². The highest BCUT2D eigenvalue weighted by Crippen LogP contribution is 2.61. The van der Waals surface area contributed by atoms with Gasteiger partial charge in [-0.2, -0.15) is 0 Å². The summed E-state index contributed by atoms with van der Waals surface area (Å²) in [5, 5.41) is 2.68. The van der Waals surface area contributed by atoms with Gasteiger partial charge in [-0.15, -0.1) is 0 Å². The molecule has 0 saturated heterocycles. The van der Waals surface area contributed by atoms with Crippen LogP contribution in [-0.4, -0.2) is 4.57 Å². The van der Waals surface area contributed by atoms with E-state index >= 15 is 0 Å². The third-order valence-corrected chi connectivity index (χ3v) is 15.7. The number of hydrogen-bond donors (Lipinski definition) is 0. The fourth-order valence-electron chi connectivity index (χ4n) is 13.5. The highest BCUT2D eigenvalue weighted by atomic mass is 15.1. The fourth-order valence-corrected chi connectivity index (χ4v) is 13.5. The van der Waals surface area contributed by atoms with Crippen LogP contribution in [0.5, 0.6) is 0 Å². The normalized spacial score (nSPS) is 24.6. The first-order valence-electron chi connectivity index (χ1n) is 22.2. The Labute approximate surface area is 338 Å². The van der Waals surface area contributed by atoms with Gasteiger partial charge in [-0.25, -0.2) is 0 Å². The lowest BCUT2D eigenvalue weighted by Gasteiger charge is -2.57. The van der Waals surface area contributed by atoms with Crippen LogP contribution in [0.1, 0.15) is 113 Å². The van der Waals surface area contributed by atoms with E-state index in [0.717, 1.165) is 17.8 Å². The lowest BCUT2D eigenvalue weighted by atomic mass is 9.48. The third kappa shape index (κ3) is 5.21. The minimum atomic E-state index is -0.149. The topological polar surface area (TPSA) is 8.17 Å². The van der Waals surface area contributed by atoms with Gasteiger partial charge in [0.05, 0.1) is 11.0 Å². The quantitative estimate of drug-likeness (QED) is 0.165. The molecule has 13 rings (SSSR count). The molecule has 0 N–H and O–H groups in total. The molecule has 2 heteroatoms. The van der Waals surface area contributed by atoms with E-state index in [4.69, 9.17) is 0 Å². The predicted octanol–water partition coefficient (Wildman–Crippen LogP) is 15.1. The van der Waals surface area contributed by atoms with Crippen molar-refractivity contribution in [1.29, 1.82) is 0 Å². The molecular weight excluding hydrogens is 689 g/mol. The Morgan fingerprint density at radius 3 is 1.89 bits per heavy atom. The van der Waals surface area contributed by atoms with E-state index in [1.54, 1.807) is 5.56 Å². The van der Waals surface area contributed by atoms with Gasteiger partial charge < -0.3 is 9.47 Å². The minimum absolute atomic E-state index is 0.149. The zero-order valence-electron chi connectivity index (χ0n) is 33.7. The SMILES string of the molecule is CC1(C)c2cc(N(c3ccc(C4CCCCC4)cc3)c3ccc(C45CC6CC(CC(C6)C4)C5)cc3)ccc2-c2c1ccc1c2c2ccccc2n1-c1ccccc1. The minimum Gasteiger partial charge on any atom is -0.310 e. The van der Waals surface area contributed by atoms with E-state index in [1.807, 2.05) is 0 Å². The molecular formula is C55H54N2. The van der Waals surface area contributed by atoms with Crippen molar-refractivity contribution in [2.45, 2.75) is 101 Å².